The molecule has 1 heterocycles. The van der Waals surface area contributed by atoms with E-state index in [4.69, 9.17) is 0 Å². The van der Waals surface area contributed by atoms with Crippen LogP contribution in [-0.4, -0.2) is 5.91 Å². The normalized spacial score (nSPS) is 10.3. The number of nitrogens with one attached hydrogen (secondary N) is 1. The molecule has 0 bridgehead atoms. The van der Waals surface area contributed by atoms with Gasteiger partial charge in [0.05, 0.1) is 0 Å². The van der Waals surface area contributed by atoms with Crippen LogP contribution in [0.5, 0.6) is 0 Å². The molecule has 0 radical (unpaired) electrons. The zero-order valence-corrected chi connectivity index (χ0v) is 7.02. The van der Waals surface area contributed by atoms with E-state index in [-0.39, 0.29) is 5.91 Å². The van der Waals surface area contributed by atoms with Gasteiger partial charge in [-0.2, -0.15) is 0 Å². The molecule has 0 aliphatic heterocycles. The maximum absolute atomic E-state index is 10.4. The van der Waals surface area contributed by atoms with Crippen LogP contribution in [0.3, 0.4) is 0 Å². The van der Waals surface area contributed by atoms with E-state index in [0.29, 0.717) is 0 Å². The molecule has 1 aromatic rings. The average Bonchev–Trinajstić information content (AvgIpc) is 2.39. The molecule has 2 nitrogen and oxygen atoms in total. The van der Waals surface area contributed by atoms with Crippen molar-refractivity contribution in [3.05, 3.63) is 28.6 Å². The van der Waals surface area contributed by atoms with Gasteiger partial charge in [-0.3, -0.25) is 4.79 Å². The molecule has 1 amide bonds. The Kier molecular flexibility index (Phi) is 2.86. The summed E-state index contributed by atoms with van der Waals surface area (Å²) in [4.78, 5) is 11.6. The van der Waals surface area contributed by atoms with Gasteiger partial charge < -0.3 is 5.32 Å². The topological polar surface area (TPSA) is 29.1 Å². The van der Waals surface area contributed by atoms with Crippen LogP contribution < -0.4 is 5.32 Å². The number of rotatable bonds is 2. The molecule has 0 aromatic carbocycles. The van der Waals surface area contributed by atoms with E-state index >= 15 is 0 Å². The zero-order chi connectivity index (χ0) is 8.10. The molecule has 0 aliphatic rings. The fraction of sp³-hybridized carbons (Fsp3) is 0.125. The summed E-state index contributed by atoms with van der Waals surface area (Å²) < 4.78 is 0. The molecule has 3 heteroatoms. The van der Waals surface area contributed by atoms with E-state index in [2.05, 4.69) is 5.32 Å². The smallest absolute Gasteiger partial charge is 0.220 e. The first kappa shape index (κ1) is 8.01. The highest BCUT2D eigenvalue weighted by Crippen LogP contribution is 2.09. The van der Waals surface area contributed by atoms with Gasteiger partial charge in [-0.1, -0.05) is 6.07 Å². The van der Waals surface area contributed by atoms with Gasteiger partial charge in [-0.05, 0) is 17.5 Å². The van der Waals surface area contributed by atoms with E-state index in [1.807, 2.05) is 23.6 Å². The van der Waals surface area contributed by atoms with Crippen molar-refractivity contribution < 1.29 is 4.79 Å². The summed E-state index contributed by atoms with van der Waals surface area (Å²) in [6.07, 6.45) is 3.51. The van der Waals surface area contributed by atoms with Crippen molar-refractivity contribution in [1.82, 2.24) is 5.32 Å². The Balaban J connectivity index is 2.43. The van der Waals surface area contributed by atoms with Gasteiger partial charge in [-0.15, -0.1) is 11.3 Å². The van der Waals surface area contributed by atoms with Gasteiger partial charge in [0.1, 0.15) is 0 Å². The molecule has 0 saturated heterocycles. The summed E-state index contributed by atoms with van der Waals surface area (Å²) in [5, 5.41) is 4.56. The maximum Gasteiger partial charge on any atom is 0.220 e. The largest absolute Gasteiger partial charge is 0.333 e. The summed E-state index contributed by atoms with van der Waals surface area (Å²) >= 11 is 1.64. The van der Waals surface area contributed by atoms with Crippen molar-refractivity contribution in [2.24, 2.45) is 0 Å². The van der Waals surface area contributed by atoms with Crippen LogP contribution in [0.25, 0.3) is 6.08 Å². The van der Waals surface area contributed by atoms with E-state index in [9.17, 15) is 4.79 Å². The van der Waals surface area contributed by atoms with Gasteiger partial charge in [0.15, 0.2) is 0 Å². The SMILES string of the molecule is CC(=O)N/C=C/c1cccs1. The first-order valence-corrected chi connectivity index (χ1v) is 4.14. The minimum Gasteiger partial charge on any atom is -0.333 e. The monoisotopic (exact) mass is 167 g/mol. The average molecular weight is 167 g/mol. The van der Waals surface area contributed by atoms with Crippen LogP contribution in [0.1, 0.15) is 11.8 Å². The van der Waals surface area contributed by atoms with Crippen LogP contribution in [-0.2, 0) is 4.79 Å². The lowest BCUT2D eigenvalue weighted by Crippen LogP contribution is -2.10. The molecule has 0 atom stereocenters. The number of amides is 1. The highest BCUT2D eigenvalue weighted by Gasteiger charge is 1.85. The molecule has 58 valence electrons. The number of thiophene rings is 1. The van der Waals surface area contributed by atoms with Crippen molar-refractivity contribution in [2.75, 3.05) is 0 Å². The molecule has 0 fully saturated rings. The molecule has 1 N–H and O–H groups in total. The molecule has 0 unspecified atom stereocenters. The molecule has 0 spiro atoms. The maximum atomic E-state index is 10.4. The Bertz CT molecular complexity index is 251. The Labute approximate surface area is 69.6 Å². The Morgan fingerprint density at radius 1 is 1.73 bits per heavy atom. The summed E-state index contributed by atoms with van der Waals surface area (Å²) in [6.45, 7) is 1.48. The fourth-order valence-corrected chi connectivity index (χ4v) is 1.25. The lowest BCUT2D eigenvalue weighted by molar-refractivity contribution is -0.118. The molecule has 1 rings (SSSR count). The predicted octanol–water partition coefficient (Wildman–Crippen LogP) is 1.85. The highest BCUT2D eigenvalue weighted by molar-refractivity contribution is 7.10. The Morgan fingerprint density at radius 2 is 2.55 bits per heavy atom. The van der Waals surface area contributed by atoms with Crippen molar-refractivity contribution >= 4 is 23.3 Å². The van der Waals surface area contributed by atoms with Gasteiger partial charge >= 0.3 is 0 Å². The van der Waals surface area contributed by atoms with E-state index < -0.39 is 0 Å². The molecule has 0 aliphatic carbocycles. The summed E-state index contributed by atoms with van der Waals surface area (Å²) in [5.74, 6) is -0.0437. The number of hydrogen-bond acceptors (Lipinski definition) is 2. The molecule has 0 saturated carbocycles. The molecular formula is C8H9NOS. The van der Waals surface area contributed by atoms with Gasteiger partial charge in [0, 0.05) is 18.0 Å². The fourth-order valence-electron chi connectivity index (χ4n) is 0.627. The number of hydrogen-bond donors (Lipinski definition) is 1. The van der Waals surface area contributed by atoms with Crippen LogP contribution in [0.4, 0.5) is 0 Å². The minimum absolute atomic E-state index is 0.0437. The second-order valence-corrected chi connectivity index (χ2v) is 3.03. The zero-order valence-electron chi connectivity index (χ0n) is 6.20. The van der Waals surface area contributed by atoms with Crippen LogP contribution in [0.15, 0.2) is 23.7 Å². The lowest BCUT2D eigenvalue weighted by Gasteiger charge is -1.88. The predicted molar refractivity (Wildman–Crippen MR) is 47.2 cm³/mol. The van der Waals surface area contributed by atoms with Crippen LogP contribution in [0.2, 0.25) is 0 Å². The van der Waals surface area contributed by atoms with Gasteiger partial charge in [-0.25, -0.2) is 0 Å². The third-order valence-corrected chi connectivity index (χ3v) is 1.91. The lowest BCUT2D eigenvalue weighted by atomic mass is 10.4. The third-order valence-electron chi connectivity index (χ3n) is 1.08. The summed E-state index contributed by atoms with van der Waals surface area (Å²) in [6, 6.07) is 3.96. The van der Waals surface area contributed by atoms with E-state index in [1.165, 1.54) is 6.92 Å². The second-order valence-electron chi connectivity index (χ2n) is 2.05. The van der Waals surface area contributed by atoms with E-state index in [0.717, 1.165) is 4.88 Å². The Morgan fingerprint density at radius 3 is 3.09 bits per heavy atom. The summed E-state index contributed by atoms with van der Waals surface area (Å²) in [5.41, 5.74) is 0. The van der Waals surface area contributed by atoms with Crippen molar-refractivity contribution in [3.8, 4) is 0 Å². The first-order chi connectivity index (χ1) is 5.29. The highest BCUT2D eigenvalue weighted by atomic mass is 32.1. The van der Waals surface area contributed by atoms with Gasteiger partial charge in [0.25, 0.3) is 0 Å². The van der Waals surface area contributed by atoms with Crippen molar-refractivity contribution in [2.45, 2.75) is 6.92 Å². The van der Waals surface area contributed by atoms with Crippen molar-refractivity contribution in [1.29, 1.82) is 0 Å². The first-order valence-electron chi connectivity index (χ1n) is 3.26. The number of carbonyl (C=O) groups is 1. The Hall–Kier alpha value is -1.09. The third kappa shape index (κ3) is 3.00. The second kappa shape index (κ2) is 3.93. The number of carbonyl (C=O) groups excluding carboxylic acids is 1. The standard InChI is InChI=1S/C8H9NOS/c1-7(10)9-5-4-8-3-2-6-11-8/h2-6H,1H3,(H,9,10)/b5-4+. The minimum atomic E-state index is -0.0437. The molecule has 1 aromatic heterocycles. The summed E-state index contributed by atoms with van der Waals surface area (Å²) in [7, 11) is 0. The quantitative estimate of drug-likeness (QED) is 0.715. The van der Waals surface area contributed by atoms with Gasteiger partial charge in [0.2, 0.25) is 5.91 Å². The van der Waals surface area contributed by atoms with Crippen LogP contribution >= 0.6 is 11.3 Å². The molecular weight excluding hydrogens is 158 g/mol. The van der Waals surface area contributed by atoms with Crippen molar-refractivity contribution in [3.63, 3.8) is 0 Å². The van der Waals surface area contributed by atoms with E-state index in [1.54, 1.807) is 17.5 Å². The van der Waals surface area contributed by atoms with Crippen LogP contribution in [0, 0.1) is 0 Å². The molecule has 11 heavy (non-hydrogen) atoms.